The molecule has 4 amide bonds. The van der Waals surface area contributed by atoms with Crippen LogP contribution in [0.5, 0.6) is 0 Å². The monoisotopic (exact) mass is 834 g/mol. The summed E-state index contributed by atoms with van der Waals surface area (Å²) in [6.07, 6.45) is -10.4. The fraction of sp³-hybridized carbons (Fsp3) is 0.895. The number of aliphatic hydroxyl groups is 2. The van der Waals surface area contributed by atoms with Crippen LogP contribution in [0.1, 0.15) is 109 Å². The van der Waals surface area contributed by atoms with E-state index in [4.69, 9.17) is 49.4 Å². The predicted octanol–water partition coefficient (Wildman–Crippen LogP) is 1.99. The van der Waals surface area contributed by atoms with Gasteiger partial charge < -0.3 is 80.8 Å². The zero-order chi connectivity index (χ0) is 44.0. The molecule has 0 aromatic heterocycles. The smallest absolute Gasteiger partial charge is 0.408 e. The van der Waals surface area contributed by atoms with Gasteiger partial charge in [0.2, 0.25) is 0 Å². The number of hydrogen-bond acceptors (Lipinski definition) is 16. The van der Waals surface area contributed by atoms with Gasteiger partial charge in [-0.1, -0.05) is 0 Å². The van der Waals surface area contributed by atoms with Gasteiger partial charge in [0.05, 0.1) is 36.9 Å². The lowest BCUT2D eigenvalue weighted by Crippen LogP contribution is -2.69. The molecule has 12 atom stereocenters. The zero-order valence-corrected chi connectivity index (χ0v) is 36.1. The maximum absolute atomic E-state index is 13.2. The molecule has 2 saturated heterocycles. The Labute approximate surface area is 341 Å². The maximum Gasteiger partial charge on any atom is 0.408 e. The molecule has 0 radical (unpaired) electrons. The number of alkyl carbamates (subject to hydrolysis) is 4. The largest absolute Gasteiger partial charge is 0.444 e. The summed E-state index contributed by atoms with van der Waals surface area (Å²) in [7, 11) is 0. The molecule has 0 aromatic rings. The number of nitrogens with one attached hydrogen (secondary N) is 4. The van der Waals surface area contributed by atoms with Crippen molar-refractivity contribution in [2.45, 2.75) is 204 Å². The van der Waals surface area contributed by atoms with Gasteiger partial charge in [-0.15, -0.1) is 0 Å². The van der Waals surface area contributed by atoms with E-state index in [1.165, 1.54) is 0 Å². The van der Waals surface area contributed by atoms with Crippen molar-refractivity contribution >= 4 is 24.4 Å². The van der Waals surface area contributed by atoms with Crippen LogP contribution in [0.4, 0.5) is 19.2 Å². The molecule has 3 fully saturated rings. The first-order valence-corrected chi connectivity index (χ1v) is 19.9. The molecule has 0 bridgehead atoms. The Morgan fingerprint density at radius 2 is 1.07 bits per heavy atom. The SMILES string of the molecule is CC(C)(C)OC(=O)NC[C@@H]1CC[C@@H](NC(=O)OC(C)(C)C)[C@@H](O[C@H]2[C@H](O)[C@@H](O[C@H]3O[C@H](CO)C[C@H](N)[C@H]3NC(=O)OC(C)(C)C)[C@H](N)C[C@@H]2NC(=O)OC(C)(C)C)O1. The molecule has 0 spiro atoms. The molecule has 0 unspecified atom stereocenters. The van der Waals surface area contributed by atoms with Crippen molar-refractivity contribution in [3.8, 4) is 0 Å². The van der Waals surface area contributed by atoms with Crippen LogP contribution in [0, 0.1) is 0 Å². The van der Waals surface area contributed by atoms with Gasteiger partial charge in [-0.25, -0.2) is 19.2 Å². The van der Waals surface area contributed by atoms with Crippen LogP contribution in [0.3, 0.4) is 0 Å². The summed E-state index contributed by atoms with van der Waals surface area (Å²) in [6, 6.07) is -4.57. The maximum atomic E-state index is 13.2. The average Bonchev–Trinajstić information content (AvgIpc) is 3.02. The summed E-state index contributed by atoms with van der Waals surface area (Å²) in [4.78, 5) is 51.6. The number of rotatable bonds is 10. The molecule has 20 nitrogen and oxygen atoms in total. The summed E-state index contributed by atoms with van der Waals surface area (Å²) < 4.78 is 47.1. The molecule has 3 rings (SSSR count). The van der Waals surface area contributed by atoms with Gasteiger partial charge in [0.25, 0.3) is 0 Å². The highest BCUT2D eigenvalue weighted by Crippen LogP contribution is 2.32. The van der Waals surface area contributed by atoms with Crippen molar-refractivity contribution in [1.29, 1.82) is 0 Å². The van der Waals surface area contributed by atoms with E-state index in [2.05, 4.69) is 21.3 Å². The zero-order valence-electron chi connectivity index (χ0n) is 36.1. The Kier molecular flexibility index (Phi) is 16.8. The lowest BCUT2D eigenvalue weighted by atomic mass is 9.83. The lowest BCUT2D eigenvalue weighted by Gasteiger charge is -2.48. The van der Waals surface area contributed by atoms with Crippen LogP contribution < -0.4 is 32.7 Å². The molecule has 1 aliphatic carbocycles. The fourth-order valence-electron chi connectivity index (χ4n) is 6.58. The number of carbonyl (C=O) groups is 4. The predicted molar refractivity (Wildman–Crippen MR) is 208 cm³/mol. The molecule has 336 valence electrons. The molecule has 0 aromatic carbocycles. The third-order valence-corrected chi connectivity index (χ3v) is 8.84. The Bertz CT molecular complexity index is 1380. The molecule has 20 heteroatoms. The second-order valence-corrected chi connectivity index (χ2v) is 19.1. The van der Waals surface area contributed by atoms with Gasteiger partial charge in [0.1, 0.15) is 40.7 Å². The lowest BCUT2D eigenvalue weighted by molar-refractivity contribution is -0.287. The third kappa shape index (κ3) is 16.4. The van der Waals surface area contributed by atoms with Gasteiger partial charge in [-0.2, -0.15) is 0 Å². The van der Waals surface area contributed by atoms with E-state index in [1.54, 1.807) is 83.1 Å². The van der Waals surface area contributed by atoms with E-state index >= 15 is 0 Å². The van der Waals surface area contributed by atoms with E-state index in [9.17, 15) is 29.4 Å². The Hall–Kier alpha value is -3.24. The van der Waals surface area contributed by atoms with Gasteiger partial charge in [-0.3, -0.25) is 0 Å². The minimum Gasteiger partial charge on any atom is -0.444 e. The van der Waals surface area contributed by atoms with Crippen molar-refractivity contribution in [1.82, 2.24) is 21.3 Å². The van der Waals surface area contributed by atoms with Crippen LogP contribution in [-0.4, -0.2) is 143 Å². The average molecular weight is 835 g/mol. The first kappa shape index (κ1) is 49.1. The topological polar surface area (TPSA) is 283 Å². The van der Waals surface area contributed by atoms with Crippen molar-refractivity contribution in [2.24, 2.45) is 11.5 Å². The fourth-order valence-corrected chi connectivity index (χ4v) is 6.58. The van der Waals surface area contributed by atoms with Crippen LogP contribution in [0.25, 0.3) is 0 Å². The van der Waals surface area contributed by atoms with Crippen molar-refractivity contribution < 1.29 is 67.3 Å². The second-order valence-electron chi connectivity index (χ2n) is 19.1. The van der Waals surface area contributed by atoms with E-state index < -0.39 is 127 Å². The third-order valence-electron chi connectivity index (χ3n) is 8.84. The molecule has 58 heavy (non-hydrogen) atoms. The Morgan fingerprint density at radius 1 is 0.603 bits per heavy atom. The summed E-state index contributed by atoms with van der Waals surface area (Å²) in [5.41, 5.74) is 9.84. The van der Waals surface area contributed by atoms with E-state index in [1.807, 2.05) is 0 Å². The van der Waals surface area contributed by atoms with Crippen LogP contribution in [0.2, 0.25) is 0 Å². The summed E-state index contributed by atoms with van der Waals surface area (Å²) in [5, 5.41) is 33.1. The van der Waals surface area contributed by atoms with Gasteiger partial charge >= 0.3 is 24.4 Å². The van der Waals surface area contributed by atoms with E-state index in [-0.39, 0.29) is 19.4 Å². The van der Waals surface area contributed by atoms with Crippen molar-refractivity contribution in [3.05, 3.63) is 0 Å². The molecule has 2 heterocycles. The quantitative estimate of drug-likeness (QED) is 0.146. The highest BCUT2D eigenvalue weighted by molar-refractivity contribution is 5.69. The number of aliphatic hydroxyl groups excluding tert-OH is 2. The van der Waals surface area contributed by atoms with Crippen molar-refractivity contribution in [3.63, 3.8) is 0 Å². The first-order valence-electron chi connectivity index (χ1n) is 19.9. The Morgan fingerprint density at radius 3 is 1.59 bits per heavy atom. The molecule has 3 aliphatic rings. The summed E-state index contributed by atoms with van der Waals surface area (Å²) >= 11 is 0. The first-order chi connectivity index (χ1) is 26.5. The summed E-state index contributed by atoms with van der Waals surface area (Å²) in [5.74, 6) is 0. The molecule has 10 N–H and O–H groups in total. The van der Waals surface area contributed by atoms with E-state index in [0.717, 1.165) is 0 Å². The van der Waals surface area contributed by atoms with Gasteiger partial charge in [0, 0.05) is 18.6 Å². The number of nitrogens with two attached hydrogens (primary N) is 2. The minimum absolute atomic E-state index is 0.0225. The van der Waals surface area contributed by atoms with E-state index in [0.29, 0.717) is 12.8 Å². The molecule has 1 saturated carbocycles. The number of amides is 4. The summed E-state index contributed by atoms with van der Waals surface area (Å²) in [6.45, 7) is 20.1. The van der Waals surface area contributed by atoms with Crippen LogP contribution >= 0.6 is 0 Å². The standard InChI is InChI=1S/C38H70N6O14/c1-35(2,3)55-31(47)41-17-19-13-14-23(42-32(48)56-36(4,5)6)29(51-19)54-28-24(43-33(49)57-37(7,8)9)16-22(40)27(26(28)46)53-30-25(21(39)15-20(18-45)52-30)44-34(50)58-38(10,11)12/h19-30,45-46H,13-18,39-40H2,1-12H3,(H,41,47)(H,42,48)(H,43,49)(H,44,50)/t19-,20-,21-,22+,23+,24-,25+,26+,27-,28+,29+,30+/m0/s1. The molecular formula is C38H70N6O14. The van der Waals surface area contributed by atoms with Gasteiger partial charge in [0.15, 0.2) is 12.6 Å². The number of hydrogen-bond donors (Lipinski definition) is 8. The minimum atomic E-state index is -1.62. The molecule has 2 aliphatic heterocycles. The normalized spacial score (nSPS) is 32.3. The number of ether oxygens (including phenoxy) is 8. The molecular weight excluding hydrogens is 764 g/mol. The van der Waals surface area contributed by atoms with Gasteiger partial charge in [-0.05, 0) is 109 Å². The van der Waals surface area contributed by atoms with Crippen LogP contribution in [0.15, 0.2) is 0 Å². The second kappa shape index (κ2) is 19.9. The van der Waals surface area contributed by atoms with Crippen molar-refractivity contribution in [2.75, 3.05) is 13.2 Å². The highest BCUT2D eigenvalue weighted by atomic mass is 16.7. The highest BCUT2D eigenvalue weighted by Gasteiger charge is 2.51. The van der Waals surface area contributed by atoms with Crippen LogP contribution in [-0.2, 0) is 37.9 Å². The Balaban J connectivity index is 1.96. The number of carbonyl (C=O) groups excluding carboxylic acids is 4.